The predicted octanol–water partition coefficient (Wildman–Crippen LogP) is 6.71. The largest absolute Gasteiger partial charge is 0.366 e. The van der Waals surface area contributed by atoms with Gasteiger partial charge in [-0.25, -0.2) is 0 Å². The van der Waals surface area contributed by atoms with E-state index in [2.05, 4.69) is 59.8 Å². The lowest BCUT2D eigenvalue weighted by molar-refractivity contribution is -0.154. The third-order valence-electron chi connectivity index (χ3n) is 8.74. The smallest absolute Gasteiger partial charge is 0.165 e. The Labute approximate surface area is 190 Å². The van der Waals surface area contributed by atoms with Gasteiger partial charge in [-0.3, -0.25) is 9.59 Å². The van der Waals surface area contributed by atoms with Gasteiger partial charge in [0.2, 0.25) is 0 Å². The third-order valence-corrected chi connectivity index (χ3v) is 8.74. The third kappa shape index (κ3) is 5.59. The van der Waals surface area contributed by atoms with Gasteiger partial charge in [-0.05, 0) is 74.5 Å². The van der Waals surface area contributed by atoms with Gasteiger partial charge in [0.05, 0.1) is 6.10 Å². The van der Waals surface area contributed by atoms with Gasteiger partial charge < -0.3 is 4.74 Å². The molecule has 0 unspecified atom stereocenters. The molecule has 2 bridgehead atoms. The quantitative estimate of drug-likeness (QED) is 0.467. The van der Waals surface area contributed by atoms with Crippen LogP contribution in [0.1, 0.15) is 92.9 Å². The number of allylic oxidation sites excluding steroid dienone is 4. The second-order valence-electron chi connectivity index (χ2n) is 11.3. The molecule has 174 valence electrons. The molecule has 31 heavy (non-hydrogen) atoms. The van der Waals surface area contributed by atoms with E-state index in [1.54, 1.807) is 0 Å². The lowest BCUT2D eigenvalue weighted by atomic mass is 9.64. The van der Waals surface area contributed by atoms with Crippen LogP contribution in [-0.2, 0) is 14.3 Å². The van der Waals surface area contributed by atoms with Gasteiger partial charge in [-0.2, -0.15) is 0 Å². The molecule has 2 heterocycles. The number of carbonyl (C=O) groups is 2. The molecule has 1 aliphatic carbocycles. The Bertz CT molecular complexity index is 718. The van der Waals surface area contributed by atoms with Crippen molar-refractivity contribution < 1.29 is 14.3 Å². The summed E-state index contributed by atoms with van der Waals surface area (Å²) in [6, 6.07) is 0. The molecule has 3 aliphatic rings. The molecule has 0 aromatic rings. The highest BCUT2D eigenvalue weighted by Crippen LogP contribution is 2.55. The summed E-state index contributed by atoms with van der Waals surface area (Å²) < 4.78 is 6.23. The highest BCUT2D eigenvalue weighted by atomic mass is 16.5. The minimum Gasteiger partial charge on any atom is -0.366 e. The van der Waals surface area contributed by atoms with E-state index in [-0.39, 0.29) is 35.4 Å². The van der Waals surface area contributed by atoms with E-state index in [0.717, 1.165) is 38.5 Å². The van der Waals surface area contributed by atoms with Gasteiger partial charge >= 0.3 is 0 Å². The monoisotopic (exact) mass is 428 g/mol. The van der Waals surface area contributed by atoms with E-state index >= 15 is 0 Å². The van der Waals surface area contributed by atoms with E-state index in [9.17, 15) is 9.59 Å². The van der Waals surface area contributed by atoms with Gasteiger partial charge in [-0.1, -0.05) is 58.4 Å². The molecule has 0 N–H and O–H groups in total. The van der Waals surface area contributed by atoms with Crippen molar-refractivity contribution in [1.82, 2.24) is 0 Å². The first-order chi connectivity index (χ1) is 14.6. The highest BCUT2D eigenvalue weighted by molar-refractivity contribution is 5.92. The van der Waals surface area contributed by atoms with Crippen molar-refractivity contribution in [2.75, 3.05) is 0 Å². The molecule has 3 heteroatoms. The van der Waals surface area contributed by atoms with Gasteiger partial charge in [0, 0.05) is 18.8 Å². The molecule has 2 fully saturated rings. The Morgan fingerprint density at radius 1 is 1.06 bits per heavy atom. The average Bonchev–Trinajstić information content (AvgIpc) is 3.05. The molecule has 0 amide bonds. The molecule has 2 aliphatic heterocycles. The molecular weight excluding hydrogens is 384 g/mol. The lowest BCUT2D eigenvalue weighted by Crippen LogP contribution is -2.45. The normalized spacial score (nSPS) is 37.2. The van der Waals surface area contributed by atoms with Crippen LogP contribution in [0.25, 0.3) is 0 Å². The van der Waals surface area contributed by atoms with Crippen LogP contribution in [0.3, 0.4) is 0 Å². The van der Waals surface area contributed by atoms with E-state index < -0.39 is 6.10 Å². The maximum absolute atomic E-state index is 13.7. The Kier molecular flexibility index (Phi) is 8.00. The number of carbonyl (C=O) groups excluding carboxylic acids is 2. The Hall–Kier alpha value is -1.22. The number of hydrogen-bond donors (Lipinski definition) is 0. The first-order valence-corrected chi connectivity index (χ1v) is 12.7. The molecular formula is C28H44O3. The van der Waals surface area contributed by atoms with E-state index in [4.69, 9.17) is 4.74 Å². The maximum atomic E-state index is 13.7. The number of hydrogen-bond acceptors (Lipinski definition) is 3. The van der Waals surface area contributed by atoms with Gasteiger partial charge in [0.15, 0.2) is 5.78 Å². The summed E-state index contributed by atoms with van der Waals surface area (Å²) in [6.07, 6.45) is 13.2. The maximum Gasteiger partial charge on any atom is 0.165 e. The summed E-state index contributed by atoms with van der Waals surface area (Å²) in [4.78, 5) is 26.1. The van der Waals surface area contributed by atoms with Crippen LogP contribution >= 0.6 is 0 Å². The molecule has 7 atom stereocenters. The minimum atomic E-state index is -0.523. The summed E-state index contributed by atoms with van der Waals surface area (Å²) in [6.45, 7) is 13.7. The van der Waals surface area contributed by atoms with Crippen LogP contribution in [0.15, 0.2) is 23.8 Å². The first-order valence-electron chi connectivity index (χ1n) is 12.7. The fourth-order valence-corrected chi connectivity index (χ4v) is 6.22. The second kappa shape index (κ2) is 10.1. The zero-order valence-electron chi connectivity index (χ0n) is 20.7. The van der Waals surface area contributed by atoms with Gasteiger partial charge in [-0.15, -0.1) is 0 Å². The molecule has 3 nitrogen and oxygen atoms in total. The molecule has 0 aromatic carbocycles. The van der Waals surface area contributed by atoms with E-state index in [0.29, 0.717) is 30.1 Å². The predicted molar refractivity (Wildman–Crippen MR) is 127 cm³/mol. The molecule has 1 saturated carbocycles. The Balaban J connectivity index is 1.87. The van der Waals surface area contributed by atoms with Crippen LogP contribution in [0.5, 0.6) is 0 Å². The summed E-state index contributed by atoms with van der Waals surface area (Å²) in [5, 5.41) is 0. The van der Waals surface area contributed by atoms with E-state index in [1.807, 2.05) is 0 Å². The topological polar surface area (TPSA) is 43.4 Å². The molecule has 0 radical (unpaired) electrons. The van der Waals surface area contributed by atoms with Crippen LogP contribution in [0.4, 0.5) is 0 Å². The number of ether oxygens (including phenoxy) is 1. The number of ketones is 2. The molecule has 3 rings (SSSR count). The van der Waals surface area contributed by atoms with Crippen molar-refractivity contribution in [2.45, 2.75) is 105 Å². The first kappa shape index (κ1) is 24.4. The second-order valence-corrected chi connectivity index (χ2v) is 11.3. The van der Waals surface area contributed by atoms with Crippen molar-refractivity contribution >= 4 is 11.6 Å². The van der Waals surface area contributed by atoms with Crippen molar-refractivity contribution in [1.29, 1.82) is 0 Å². The number of Topliss-reactive ketones (excluding diaryl/α,β-unsaturated/α-hetero) is 2. The summed E-state index contributed by atoms with van der Waals surface area (Å²) >= 11 is 0. The van der Waals surface area contributed by atoms with E-state index in [1.165, 1.54) is 5.57 Å². The zero-order chi connectivity index (χ0) is 22.8. The van der Waals surface area contributed by atoms with Crippen LogP contribution in [-0.4, -0.2) is 23.8 Å². The molecule has 0 spiro atoms. The highest BCUT2D eigenvalue weighted by Gasteiger charge is 2.52. The minimum absolute atomic E-state index is 0.000514. The fourth-order valence-electron chi connectivity index (χ4n) is 6.22. The fraction of sp³-hybridized carbons (Fsp3) is 0.786. The lowest BCUT2D eigenvalue weighted by Gasteiger charge is -2.41. The number of rotatable bonds is 4. The molecule has 0 aromatic heterocycles. The Morgan fingerprint density at radius 3 is 2.52 bits per heavy atom. The average molecular weight is 429 g/mol. The summed E-state index contributed by atoms with van der Waals surface area (Å²) in [7, 11) is 0. The zero-order valence-corrected chi connectivity index (χ0v) is 20.7. The number of fused-ring (bicyclic) bond motifs is 3. The van der Waals surface area contributed by atoms with Crippen molar-refractivity contribution in [3.63, 3.8) is 0 Å². The van der Waals surface area contributed by atoms with Crippen molar-refractivity contribution in [3.05, 3.63) is 23.8 Å². The SMILES string of the molecule is CC1=CCC[C@]2(C)[C@@H]([C@H](C)/C=C/[C@H](C)C(C)C)CC[C@H]2C(=O)[C@@H]2CC(=O)C[C@@H](CC1)O2. The summed E-state index contributed by atoms with van der Waals surface area (Å²) in [5.74, 6) is 2.54. The molecule has 1 saturated heterocycles. The summed E-state index contributed by atoms with van der Waals surface area (Å²) in [5.41, 5.74) is 1.34. The van der Waals surface area contributed by atoms with Crippen molar-refractivity contribution in [3.8, 4) is 0 Å². The van der Waals surface area contributed by atoms with Gasteiger partial charge in [0.25, 0.3) is 0 Å². The van der Waals surface area contributed by atoms with Crippen LogP contribution < -0.4 is 0 Å². The van der Waals surface area contributed by atoms with Gasteiger partial charge in [0.1, 0.15) is 11.9 Å². The van der Waals surface area contributed by atoms with Crippen LogP contribution in [0, 0.1) is 35.0 Å². The van der Waals surface area contributed by atoms with Crippen LogP contribution in [0.2, 0.25) is 0 Å². The standard InChI is InChI=1S/C28H44O3/c1-18(2)20(4)10-11-21(5)24-13-14-25-27(30)26-17-22(29)16-23(31-26)12-9-19(3)8-7-15-28(24,25)6/h8,10-11,18,20-21,23-26H,7,9,12-17H2,1-6H3/b11-10+,19-8?/t20-,21+,23+,24+,25-,26-,28+/m0/s1. The van der Waals surface area contributed by atoms with Crippen molar-refractivity contribution in [2.24, 2.45) is 35.0 Å². The Morgan fingerprint density at radius 2 is 1.81 bits per heavy atom.